The minimum Gasteiger partial charge on any atom is -0.483 e. The van der Waals surface area contributed by atoms with E-state index >= 15 is 0 Å². The van der Waals surface area contributed by atoms with Gasteiger partial charge in [0.25, 0.3) is 17.5 Å². The molecule has 0 spiro atoms. The number of nitrogens with one attached hydrogen (secondary N) is 1. The van der Waals surface area contributed by atoms with Gasteiger partial charge in [0, 0.05) is 48.2 Å². The number of non-ortho nitro benzene ring substituents is 1. The molecule has 0 saturated carbocycles. The fourth-order valence-electron chi connectivity index (χ4n) is 4.46. The van der Waals surface area contributed by atoms with E-state index in [9.17, 15) is 19.7 Å². The van der Waals surface area contributed by atoms with E-state index < -0.39 is 10.8 Å². The van der Waals surface area contributed by atoms with Crippen molar-refractivity contribution in [3.63, 3.8) is 0 Å². The molecule has 212 valence electrons. The Hall–Kier alpha value is -4.22. The van der Waals surface area contributed by atoms with Crippen molar-refractivity contribution in [2.45, 2.75) is 27.7 Å². The van der Waals surface area contributed by atoms with Crippen LogP contribution in [0.2, 0.25) is 0 Å². The largest absolute Gasteiger partial charge is 0.483 e. The van der Waals surface area contributed by atoms with Crippen molar-refractivity contribution in [1.29, 1.82) is 0 Å². The van der Waals surface area contributed by atoms with Crippen molar-refractivity contribution in [3.8, 4) is 5.75 Å². The lowest BCUT2D eigenvalue weighted by Gasteiger charge is -2.22. The smallest absolute Gasteiger partial charge is 0.271 e. The Kier molecular flexibility index (Phi) is 9.41. The number of carbonyl (C=O) groups excluding carboxylic acids is 2. The van der Waals surface area contributed by atoms with Crippen molar-refractivity contribution in [1.82, 2.24) is 0 Å². The monoisotopic (exact) mass is 590 g/mol. The maximum atomic E-state index is 13.5. The number of benzene rings is 3. The molecule has 3 aromatic rings. The lowest BCUT2D eigenvalue weighted by molar-refractivity contribution is -0.384. The number of carbonyl (C=O) groups is 2. The molecule has 1 aliphatic rings. The van der Waals surface area contributed by atoms with Gasteiger partial charge in [-0.05, 0) is 63.6 Å². The van der Waals surface area contributed by atoms with Gasteiger partial charge < -0.3 is 15.0 Å². The molecule has 0 atom stereocenters. The number of nitro benzene ring substituents is 1. The lowest BCUT2D eigenvalue weighted by Crippen LogP contribution is -2.28. The number of amides is 2. The zero-order chi connectivity index (χ0) is 29.7. The maximum Gasteiger partial charge on any atom is 0.271 e. The Morgan fingerprint density at radius 3 is 2.56 bits per heavy atom. The van der Waals surface area contributed by atoms with Gasteiger partial charge in [-0.2, -0.15) is 0 Å². The number of rotatable bonds is 10. The lowest BCUT2D eigenvalue weighted by atomic mass is 10.1. The number of hydrogen-bond donors (Lipinski definition) is 1. The Morgan fingerprint density at radius 1 is 1.12 bits per heavy atom. The summed E-state index contributed by atoms with van der Waals surface area (Å²) in [5.74, 6) is -0.291. The van der Waals surface area contributed by atoms with Crippen LogP contribution in [0.1, 0.15) is 30.5 Å². The third kappa shape index (κ3) is 6.93. The molecule has 9 nitrogen and oxygen atoms in total. The molecule has 0 aromatic heterocycles. The molecule has 1 fully saturated rings. The van der Waals surface area contributed by atoms with Crippen LogP contribution in [-0.4, -0.2) is 40.8 Å². The first-order valence-corrected chi connectivity index (χ1v) is 14.2. The Bertz CT molecular complexity index is 1550. The second-order valence-electron chi connectivity index (χ2n) is 9.35. The van der Waals surface area contributed by atoms with Gasteiger partial charge in [0.15, 0.2) is 10.9 Å². The van der Waals surface area contributed by atoms with E-state index in [4.69, 9.17) is 17.0 Å². The molecule has 0 aliphatic carbocycles. The fourth-order valence-corrected chi connectivity index (χ4v) is 5.74. The first-order chi connectivity index (χ1) is 19.6. The fraction of sp³-hybridized carbons (Fsp3) is 0.233. The van der Waals surface area contributed by atoms with Crippen molar-refractivity contribution in [3.05, 3.63) is 92.4 Å². The number of hydrogen-bond acceptors (Lipinski definition) is 8. The van der Waals surface area contributed by atoms with Gasteiger partial charge in [-0.1, -0.05) is 47.7 Å². The van der Waals surface area contributed by atoms with Crippen LogP contribution in [0.4, 0.5) is 22.7 Å². The van der Waals surface area contributed by atoms with Gasteiger partial charge >= 0.3 is 0 Å². The highest BCUT2D eigenvalue weighted by Gasteiger charge is 2.34. The molecule has 0 bridgehead atoms. The highest BCUT2D eigenvalue weighted by Crippen LogP contribution is 2.39. The van der Waals surface area contributed by atoms with E-state index in [-0.39, 0.29) is 18.2 Å². The van der Waals surface area contributed by atoms with E-state index in [1.165, 1.54) is 34.9 Å². The number of nitrogens with zero attached hydrogens (tertiary/aromatic N) is 3. The first kappa shape index (κ1) is 29.8. The van der Waals surface area contributed by atoms with E-state index in [2.05, 4.69) is 10.2 Å². The summed E-state index contributed by atoms with van der Waals surface area (Å²) in [7, 11) is 0. The second-order valence-corrected chi connectivity index (χ2v) is 11.0. The summed E-state index contributed by atoms with van der Waals surface area (Å²) in [6, 6.07) is 17.2. The van der Waals surface area contributed by atoms with Gasteiger partial charge in [-0.25, -0.2) is 0 Å². The third-order valence-corrected chi connectivity index (χ3v) is 7.80. The van der Waals surface area contributed by atoms with Gasteiger partial charge in [-0.3, -0.25) is 24.6 Å². The molecule has 1 heterocycles. The minimum absolute atomic E-state index is 0.129. The van der Waals surface area contributed by atoms with Crippen LogP contribution in [0.5, 0.6) is 5.75 Å². The molecule has 1 N–H and O–H groups in total. The number of nitro groups is 1. The molecule has 1 saturated heterocycles. The number of thioether (sulfide) groups is 1. The molecule has 0 radical (unpaired) electrons. The molecule has 4 rings (SSSR count). The summed E-state index contributed by atoms with van der Waals surface area (Å²) >= 11 is 6.78. The zero-order valence-corrected chi connectivity index (χ0v) is 24.8. The van der Waals surface area contributed by atoms with Crippen LogP contribution in [0.15, 0.2) is 65.6 Å². The van der Waals surface area contributed by atoms with Crippen LogP contribution in [0, 0.1) is 24.0 Å². The normalized spacial score (nSPS) is 14.0. The standard InChI is InChI=1S/C30H30N4O5S2/c1-5-32(6-2)23-12-11-21(15-27-29(36)33(30(40)41-27)25-13-10-19(3)14-20(25)4)26(17-23)39-18-28(35)31-22-8-7-9-24(16-22)34(37)38/h7-17H,5-6,18H2,1-4H3,(H,31,35)/b27-15-. The molecule has 11 heteroatoms. The van der Waals surface area contributed by atoms with Crippen LogP contribution in [-0.2, 0) is 9.59 Å². The van der Waals surface area contributed by atoms with Crippen molar-refractivity contribution in [2.75, 3.05) is 34.8 Å². The maximum absolute atomic E-state index is 13.5. The summed E-state index contributed by atoms with van der Waals surface area (Å²) in [4.78, 5) is 40.8. The van der Waals surface area contributed by atoms with Gasteiger partial charge in [0.1, 0.15) is 5.75 Å². The molecular weight excluding hydrogens is 560 g/mol. The summed E-state index contributed by atoms with van der Waals surface area (Å²) in [5.41, 5.74) is 4.47. The van der Waals surface area contributed by atoms with E-state index in [0.717, 1.165) is 35.6 Å². The van der Waals surface area contributed by atoms with E-state index in [1.807, 2.05) is 64.1 Å². The van der Waals surface area contributed by atoms with Crippen LogP contribution >= 0.6 is 24.0 Å². The molecule has 1 aliphatic heterocycles. The predicted molar refractivity (Wildman–Crippen MR) is 169 cm³/mol. The second kappa shape index (κ2) is 13.0. The Balaban J connectivity index is 1.60. The number of thiocarbonyl (C=S) groups is 1. The SMILES string of the molecule is CCN(CC)c1ccc(/C=C2\SC(=S)N(c3ccc(C)cc3C)C2=O)c(OCC(=O)Nc2cccc([N+](=O)[O-])c2)c1. The van der Waals surface area contributed by atoms with Crippen molar-refractivity contribution < 1.29 is 19.2 Å². The summed E-state index contributed by atoms with van der Waals surface area (Å²) in [6.07, 6.45) is 1.72. The predicted octanol–water partition coefficient (Wildman–Crippen LogP) is 6.48. The average Bonchev–Trinajstić information content (AvgIpc) is 3.21. The molecule has 41 heavy (non-hydrogen) atoms. The summed E-state index contributed by atoms with van der Waals surface area (Å²) in [6.45, 7) is 9.24. The van der Waals surface area contributed by atoms with Gasteiger partial charge in [0.2, 0.25) is 0 Å². The number of ether oxygens (including phenoxy) is 1. The van der Waals surface area contributed by atoms with Crippen molar-refractivity contribution >= 4 is 68.9 Å². The topological polar surface area (TPSA) is 105 Å². The first-order valence-electron chi connectivity index (χ1n) is 13.0. The van der Waals surface area contributed by atoms with E-state index in [0.29, 0.717) is 26.2 Å². The van der Waals surface area contributed by atoms with E-state index in [1.54, 1.807) is 12.1 Å². The third-order valence-electron chi connectivity index (χ3n) is 6.50. The molecule has 2 amide bonds. The Morgan fingerprint density at radius 2 is 1.88 bits per heavy atom. The van der Waals surface area contributed by atoms with Gasteiger partial charge in [0.05, 0.1) is 15.5 Å². The highest BCUT2D eigenvalue weighted by molar-refractivity contribution is 8.27. The van der Waals surface area contributed by atoms with Crippen LogP contribution in [0.25, 0.3) is 6.08 Å². The number of aryl methyl sites for hydroxylation is 2. The molecule has 3 aromatic carbocycles. The van der Waals surface area contributed by atoms with Gasteiger partial charge in [-0.15, -0.1) is 0 Å². The summed E-state index contributed by atoms with van der Waals surface area (Å²) in [5, 5.41) is 13.7. The molecular formula is C30H30N4O5S2. The summed E-state index contributed by atoms with van der Waals surface area (Å²) < 4.78 is 6.40. The van der Waals surface area contributed by atoms with Crippen molar-refractivity contribution in [2.24, 2.45) is 0 Å². The molecule has 0 unspecified atom stereocenters. The minimum atomic E-state index is -0.528. The number of anilines is 3. The average molecular weight is 591 g/mol. The quantitative estimate of drug-likeness (QED) is 0.124. The Labute approximate surface area is 248 Å². The van der Waals surface area contributed by atoms with Crippen LogP contribution in [0.3, 0.4) is 0 Å². The van der Waals surface area contributed by atoms with Crippen LogP contribution < -0.4 is 19.9 Å². The zero-order valence-electron chi connectivity index (χ0n) is 23.2. The highest BCUT2D eigenvalue weighted by atomic mass is 32.2.